The van der Waals surface area contributed by atoms with Crippen LogP contribution in [0.5, 0.6) is 0 Å². The molecule has 5 heteroatoms. The van der Waals surface area contributed by atoms with Gasteiger partial charge in [-0.3, -0.25) is 4.79 Å². The lowest BCUT2D eigenvalue weighted by molar-refractivity contribution is -0.146. The first-order valence-electron chi connectivity index (χ1n) is 5.56. The molecule has 0 aromatic carbocycles. The maximum atomic E-state index is 11.3. The molecule has 1 atom stereocenters. The average molecular weight is 229 g/mol. The molecule has 0 aromatic heterocycles. The molecule has 0 saturated heterocycles. The topological polar surface area (TPSA) is 64.6 Å². The number of esters is 1. The number of hydrogen-bond donors (Lipinski definition) is 1. The Balaban J connectivity index is 2.19. The smallest absolute Gasteiger partial charge is 0.330 e. The second-order valence-electron chi connectivity index (χ2n) is 4.08. The fraction of sp³-hybridized carbons (Fsp3) is 0.818. The Kier molecular flexibility index (Phi) is 5.25. The van der Waals surface area contributed by atoms with Gasteiger partial charge in [-0.15, -0.1) is 0 Å². The lowest BCUT2D eigenvalue weighted by Crippen LogP contribution is -2.43. The SMILES string of the molecule is COC(=O)[C@@H](COCCC1CC1)NC(C)=O. The van der Waals surface area contributed by atoms with Crippen LogP contribution in [0.2, 0.25) is 0 Å². The largest absolute Gasteiger partial charge is 0.467 e. The minimum absolute atomic E-state index is 0.180. The van der Waals surface area contributed by atoms with Gasteiger partial charge in [-0.1, -0.05) is 12.8 Å². The first-order valence-corrected chi connectivity index (χ1v) is 5.56. The van der Waals surface area contributed by atoms with Gasteiger partial charge >= 0.3 is 5.97 Å². The van der Waals surface area contributed by atoms with Crippen molar-refractivity contribution >= 4 is 11.9 Å². The lowest BCUT2D eigenvalue weighted by Gasteiger charge is -2.15. The second-order valence-corrected chi connectivity index (χ2v) is 4.08. The Hall–Kier alpha value is -1.10. The van der Waals surface area contributed by atoms with Gasteiger partial charge in [0.1, 0.15) is 0 Å². The van der Waals surface area contributed by atoms with Crippen LogP contribution in [-0.4, -0.2) is 38.2 Å². The van der Waals surface area contributed by atoms with E-state index >= 15 is 0 Å². The van der Waals surface area contributed by atoms with Crippen molar-refractivity contribution < 1.29 is 19.1 Å². The summed E-state index contributed by atoms with van der Waals surface area (Å²) in [6.45, 7) is 2.18. The molecular formula is C11H19NO4. The third kappa shape index (κ3) is 5.11. The predicted molar refractivity (Wildman–Crippen MR) is 57.8 cm³/mol. The van der Waals surface area contributed by atoms with Crippen LogP contribution in [0.15, 0.2) is 0 Å². The molecule has 0 aromatic rings. The maximum absolute atomic E-state index is 11.3. The molecule has 0 aliphatic heterocycles. The molecule has 0 heterocycles. The monoisotopic (exact) mass is 229 g/mol. The number of ether oxygens (including phenoxy) is 2. The van der Waals surface area contributed by atoms with Crippen LogP contribution in [-0.2, 0) is 19.1 Å². The molecule has 1 saturated carbocycles. The summed E-state index contributed by atoms with van der Waals surface area (Å²) in [5.74, 6) is 0.0696. The van der Waals surface area contributed by atoms with Crippen LogP contribution in [0.4, 0.5) is 0 Å². The highest BCUT2D eigenvalue weighted by molar-refractivity contribution is 5.83. The third-order valence-electron chi connectivity index (χ3n) is 2.52. The molecule has 5 nitrogen and oxygen atoms in total. The van der Waals surface area contributed by atoms with E-state index in [0.717, 1.165) is 12.3 Å². The molecule has 1 aliphatic carbocycles. The van der Waals surface area contributed by atoms with Crippen molar-refractivity contribution in [3.63, 3.8) is 0 Å². The second kappa shape index (κ2) is 6.48. The average Bonchev–Trinajstić information content (AvgIpc) is 3.04. The molecule has 1 rings (SSSR count). The van der Waals surface area contributed by atoms with Gasteiger partial charge in [0.15, 0.2) is 6.04 Å². The van der Waals surface area contributed by atoms with Gasteiger partial charge in [0.2, 0.25) is 5.91 Å². The molecule has 1 fully saturated rings. The molecule has 92 valence electrons. The van der Waals surface area contributed by atoms with Crippen LogP contribution in [0, 0.1) is 5.92 Å². The van der Waals surface area contributed by atoms with Gasteiger partial charge in [-0.05, 0) is 12.3 Å². The molecule has 16 heavy (non-hydrogen) atoms. The minimum atomic E-state index is -0.693. The lowest BCUT2D eigenvalue weighted by atomic mass is 10.3. The Morgan fingerprint density at radius 2 is 2.12 bits per heavy atom. The highest BCUT2D eigenvalue weighted by Gasteiger charge is 2.22. The zero-order valence-corrected chi connectivity index (χ0v) is 9.82. The highest BCUT2D eigenvalue weighted by atomic mass is 16.5. The summed E-state index contributed by atoms with van der Waals surface area (Å²) in [6.07, 6.45) is 3.61. The van der Waals surface area contributed by atoms with E-state index in [1.165, 1.54) is 26.9 Å². The van der Waals surface area contributed by atoms with Gasteiger partial charge in [0, 0.05) is 13.5 Å². The highest BCUT2D eigenvalue weighted by Crippen LogP contribution is 2.32. The number of carbonyl (C=O) groups excluding carboxylic acids is 2. The van der Waals surface area contributed by atoms with E-state index in [2.05, 4.69) is 10.1 Å². The third-order valence-corrected chi connectivity index (χ3v) is 2.52. The summed E-state index contributed by atoms with van der Waals surface area (Å²) < 4.78 is 9.92. The number of rotatable bonds is 7. The van der Waals surface area contributed by atoms with E-state index < -0.39 is 12.0 Å². The Morgan fingerprint density at radius 3 is 2.62 bits per heavy atom. The van der Waals surface area contributed by atoms with Crippen LogP contribution in [0.3, 0.4) is 0 Å². The summed E-state index contributed by atoms with van der Waals surface area (Å²) in [6, 6.07) is -0.693. The number of carbonyl (C=O) groups is 2. The molecule has 1 aliphatic rings. The van der Waals surface area contributed by atoms with Crippen LogP contribution in [0.1, 0.15) is 26.2 Å². The van der Waals surface area contributed by atoms with Crippen molar-refractivity contribution in [2.24, 2.45) is 5.92 Å². The van der Waals surface area contributed by atoms with Crippen molar-refractivity contribution in [3.8, 4) is 0 Å². The fourth-order valence-electron chi connectivity index (χ4n) is 1.41. The predicted octanol–water partition coefficient (Wildman–Crippen LogP) is 0.481. The minimum Gasteiger partial charge on any atom is -0.467 e. The van der Waals surface area contributed by atoms with E-state index in [-0.39, 0.29) is 12.5 Å². The number of nitrogens with one attached hydrogen (secondary N) is 1. The van der Waals surface area contributed by atoms with Gasteiger partial charge in [-0.2, -0.15) is 0 Å². The van der Waals surface area contributed by atoms with Gasteiger partial charge in [0.05, 0.1) is 13.7 Å². The van der Waals surface area contributed by atoms with Crippen molar-refractivity contribution in [3.05, 3.63) is 0 Å². The molecular weight excluding hydrogens is 210 g/mol. The zero-order valence-electron chi connectivity index (χ0n) is 9.82. The van der Waals surface area contributed by atoms with E-state index in [0.29, 0.717) is 6.61 Å². The van der Waals surface area contributed by atoms with Crippen LogP contribution < -0.4 is 5.32 Å². The van der Waals surface area contributed by atoms with Crippen molar-refractivity contribution in [1.29, 1.82) is 0 Å². The summed E-state index contributed by atoms with van der Waals surface area (Å²) >= 11 is 0. The molecule has 0 spiro atoms. The van der Waals surface area contributed by atoms with Crippen LogP contribution >= 0.6 is 0 Å². The van der Waals surface area contributed by atoms with Crippen molar-refractivity contribution in [2.45, 2.75) is 32.2 Å². The molecule has 1 N–H and O–H groups in total. The summed E-state index contributed by atoms with van der Waals surface area (Å²) in [4.78, 5) is 22.1. The van der Waals surface area contributed by atoms with E-state index in [1.54, 1.807) is 0 Å². The molecule has 0 radical (unpaired) electrons. The fourth-order valence-corrected chi connectivity index (χ4v) is 1.41. The summed E-state index contributed by atoms with van der Waals surface area (Å²) in [5, 5.41) is 2.50. The summed E-state index contributed by atoms with van der Waals surface area (Å²) in [7, 11) is 1.29. The van der Waals surface area contributed by atoms with Gasteiger partial charge in [0.25, 0.3) is 0 Å². The first kappa shape index (κ1) is 13.0. The quantitative estimate of drug-likeness (QED) is 0.509. The molecule has 0 unspecified atom stereocenters. The normalized spacial score (nSPS) is 16.6. The standard InChI is InChI=1S/C11H19NO4/c1-8(13)12-10(11(14)15-2)7-16-6-5-9-3-4-9/h9-10H,3-7H2,1-2H3,(H,12,13)/t10-/m1/s1. The Morgan fingerprint density at radius 1 is 1.44 bits per heavy atom. The zero-order chi connectivity index (χ0) is 12.0. The number of methoxy groups -OCH3 is 1. The van der Waals surface area contributed by atoms with Gasteiger partial charge in [-0.25, -0.2) is 4.79 Å². The van der Waals surface area contributed by atoms with Gasteiger partial charge < -0.3 is 14.8 Å². The van der Waals surface area contributed by atoms with E-state index in [4.69, 9.17) is 4.74 Å². The van der Waals surface area contributed by atoms with E-state index in [9.17, 15) is 9.59 Å². The first-order chi connectivity index (χ1) is 7.63. The number of amides is 1. The Bertz CT molecular complexity index is 250. The summed E-state index contributed by atoms with van der Waals surface area (Å²) in [5.41, 5.74) is 0. The molecule has 1 amide bonds. The maximum Gasteiger partial charge on any atom is 0.330 e. The molecule has 0 bridgehead atoms. The van der Waals surface area contributed by atoms with Crippen molar-refractivity contribution in [2.75, 3.05) is 20.3 Å². The van der Waals surface area contributed by atoms with Crippen molar-refractivity contribution in [1.82, 2.24) is 5.32 Å². The van der Waals surface area contributed by atoms with E-state index in [1.807, 2.05) is 0 Å². The Labute approximate surface area is 95.5 Å². The van der Waals surface area contributed by atoms with Crippen LogP contribution in [0.25, 0.3) is 0 Å². The number of hydrogen-bond acceptors (Lipinski definition) is 4.